The van der Waals surface area contributed by atoms with E-state index in [0.717, 1.165) is 37.9 Å². The van der Waals surface area contributed by atoms with E-state index in [1.54, 1.807) is 0 Å². The summed E-state index contributed by atoms with van der Waals surface area (Å²) in [6.07, 6.45) is 3.91. The number of thiazole rings is 1. The van der Waals surface area contributed by atoms with Crippen molar-refractivity contribution in [1.82, 2.24) is 10.4 Å². The molecule has 0 atom stereocenters. The van der Waals surface area contributed by atoms with Crippen LogP contribution in [0.3, 0.4) is 0 Å². The average molecular weight is 318 g/mol. The number of carbonyl (C=O) groups is 1. The molecule has 0 unspecified atom stereocenters. The van der Waals surface area contributed by atoms with Gasteiger partial charge < -0.3 is 5.32 Å². The molecule has 2 aromatic rings. The number of hydrazine groups is 1. The lowest BCUT2D eigenvalue weighted by Crippen LogP contribution is -2.23. The Morgan fingerprint density at radius 2 is 1.86 bits per heavy atom. The molecule has 118 valence electrons. The quantitative estimate of drug-likeness (QED) is 0.396. The summed E-state index contributed by atoms with van der Waals surface area (Å²) in [5.74, 6) is 5.18. The van der Waals surface area contributed by atoms with Crippen LogP contribution in [0.4, 0.5) is 5.13 Å². The molecule has 0 saturated heterocycles. The van der Waals surface area contributed by atoms with Crippen LogP contribution in [0.15, 0.2) is 29.6 Å². The van der Waals surface area contributed by atoms with E-state index >= 15 is 0 Å². The highest BCUT2D eigenvalue weighted by molar-refractivity contribution is 7.13. The Morgan fingerprint density at radius 1 is 1.18 bits per heavy atom. The average Bonchev–Trinajstić information content (AvgIpc) is 2.93. The first-order valence-electron chi connectivity index (χ1n) is 7.40. The van der Waals surface area contributed by atoms with Gasteiger partial charge in [0.2, 0.25) is 5.91 Å². The van der Waals surface area contributed by atoms with Crippen LogP contribution in [0.2, 0.25) is 0 Å². The van der Waals surface area contributed by atoms with E-state index in [9.17, 15) is 4.79 Å². The Kier molecular flexibility index (Phi) is 6.51. The second-order valence-electron chi connectivity index (χ2n) is 5.20. The van der Waals surface area contributed by atoms with Crippen LogP contribution < -0.4 is 16.6 Å². The Balaban J connectivity index is 1.81. The molecule has 6 heteroatoms. The van der Waals surface area contributed by atoms with Crippen molar-refractivity contribution in [2.24, 2.45) is 5.84 Å². The normalized spacial score (nSPS) is 10.6. The number of carbonyl (C=O) groups excluding carboxylic acids is 1. The second kappa shape index (κ2) is 8.63. The van der Waals surface area contributed by atoms with Crippen molar-refractivity contribution < 1.29 is 4.79 Å². The van der Waals surface area contributed by atoms with E-state index in [1.807, 2.05) is 5.38 Å². The van der Waals surface area contributed by atoms with E-state index in [2.05, 4.69) is 40.0 Å². The minimum atomic E-state index is -0.0821. The molecule has 0 saturated carbocycles. The van der Waals surface area contributed by atoms with Gasteiger partial charge in [0, 0.05) is 18.8 Å². The van der Waals surface area contributed by atoms with Crippen molar-refractivity contribution in [2.45, 2.75) is 32.6 Å². The number of aromatic nitrogens is 1. The summed E-state index contributed by atoms with van der Waals surface area (Å²) in [6.45, 7) is 2.33. The van der Waals surface area contributed by atoms with Crippen molar-refractivity contribution in [3.05, 3.63) is 46.5 Å². The summed E-state index contributed by atoms with van der Waals surface area (Å²) in [5, 5.41) is 5.38. The van der Waals surface area contributed by atoms with Crippen LogP contribution in [0, 0.1) is 0 Å². The van der Waals surface area contributed by atoms with Crippen LogP contribution in [-0.4, -0.2) is 17.4 Å². The van der Waals surface area contributed by atoms with E-state index in [0.29, 0.717) is 5.13 Å². The SMILES string of the molecule is CC(=O)Nc1nc(CCc2ccc(CCCNN)cc2)cs1. The highest BCUT2D eigenvalue weighted by Crippen LogP contribution is 2.17. The highest BCUT2D eigenvalue weighted by atomic mass is 32.1. The third kappa shape index (κ3) is 5.55. The zero-order valence-corrected chi connectivity index (χ0v) is 13.6. The van der Waals surface area contributed by atoms with Crippen molar-refractivity contribution in [2.75, 3.05) is 11.9 Å². The fourth-order valence-electron chi connectivity index (χ4n) is 2.17. The minimum absolute atomic E-state index is 0.0821. The van der Waals surface area contributed by atoms with Gasteiger partial charge in [0.05, 0.1) is 5.69 Å². The number of aryl methyl sites for hydroxylation is 3. The molecule has 1 amide bonds. The maximum Gasteiger partial charge on any atom is 0.223 e. The predicted molar refractivity (Wildman–Crippen MR) is 90.8 cm³/mol. The van der Waals surface area contributed by atoms with Crippen LogP contribution in [0.25, 0.3) is 0 Å². The third-order valence-electron chi connectivity index (χ3n) is 3.31. The Bertz CT molecular complexity index is 594. The molecule has 22 heavy (non-hydrogen) atoms. The molecule has 0 aliphatic heterocycles. The number of anilines is 1. The van der Waals surface area contributed by atoms with E-state index < -0.39 is 0 Å². The number of hydrogen-bond donors (Lipinski definition) is 3. The summed E-state index contributed by atoms with van der Waals surface area (Å²) in [4.78, 5) is 15.4. The molecular weight excluding hydrogens is 296 g/mol. The van der Waals surface area contributed by atoms with Crippen LogP contribution in [0.1, 0.15) is 30.2 Å². The van der Waals surface area contributed by atoms with Gasteiger partial charge in [-0.2, -0.15) is 0 Å². The van der Waals surface area contributed by atoms with E-state index in [1.165, 1.54) is 29.4 Å². The topological polar surface area (TPSA) is 80.0 Å². The first-order valence-corrected chi connectivity index (χ1v) is 8.28. The lowest BCUT2D eigenvalue weighted by atomic mass is 10.0. The molecule has 1 aromatic carbocycles. The predicted octanol–water partition coefficient (Wildman–Crippen LogP) is 2.28. The molecule has 0 aliphatic rings. The lowest BCUT2D eigenvalue weighted by molar-refractivity contribution is -0.114. The Hall–Kier alpha value is -1.76. The van der Waals surface area contributed by atoms with Gasteiger partial charge in [0.1, 0.15) is 0 Å². The summed E-state index contributed by atoms with van der Waals surface area (Å²) in [7, 11) is 0. The molecule has 1 aromatic heterocycles. The van der Waals surface area contributed by atoms with Crippen molar-refractivity contribution >= 4 is 22.4 Å². The monoisotopic (exact) mass is 318 g/mol. The van der Waals surface area contributed by atoms with Gasteiger partial charge in [0.25, 0.3) is 0 Å². The fourth-order valence-corrected chi connectivity index (χ4v) is 2.96. The molecule has 1 heterocycles. The van der Waals surface area contributed by atoms with Crippen LogP contribution in [-0.2, 0) is 24.1 Å². The van der Waals surface area contributed by atoms with Gasteiger partial charge >= 0.3 is 0 Å². The number of rotatable bonds is 8. The van der Waals surface area contributed by atoms with Crippen molar-refractivity contribution in [3.8, 4) is 0 Å². The first kappa shape index (κ1) is 16.6. The van der Waals surface area contributed by atoms with Crippen LogP contribution in [0.5, 0.6) is 0 Å². The number of nitrogens with zero attached hydrogens (tertiary/aromatic N) is 1. The summed E-state index contributed by atoms with van der Waals surface area (Å²) in [6, 6.07) is 8.70. The molecule has 0 aliphatic carbocycles. The zero-order valence-electron chi connectivity index (χ0n) is 12.8. The molecule has 0 radical (unpaired) electrons. The molecule has 4 N–H and O–H groups in total. The Labute approximate surface area is 134 Å². The number of benzene rings is 1. The van der Waals surface area contributed by atoms with E-state index in [4.69, 9.17) is 5.84 Å². The largest absolute Gasteiger partial charge is 0.302 e. The molecule has 0 fully saturated rings. The van der Waals surface area contributed by atoms with Gasteiger partial charge in [-0.3, -0.25) is 16.1 Å². The number of nitrogens with one attached hydrogen (secondary N) is 2. The van der Waals surface area contributed by atoms with E-state index in [-0.39, 0.29) is 5.91 Å². The number of hydrogen-bond acceptors (Lipinski definition) is 5. The molecule has 5 nitrogen and oxygen atoms in total. The minimum Gasteiger partial charge on any atom is -0.302 e. The fraction of sp³-hybridized carbons (Fsp3) is 0.375. The smallest absolute Gasteiger partial charge is 0.223 e. The summed E-state index contributed by atoms with van der Waals surface area (Å²) < 4.78 is 0. The highest BCUT2D eigenvalue weighted by Gasteiger charge is 2.04. The number of nitrogens with two attached hydrogens (primary N) is 1. The van der Waals surface area contributed by atoms with Crippen LogP contribution >= 0.6 is 11.3 Å². The molecule has 2 rings (SSSR count). The number of amides is 1. The summed E-state index contributed by atoms with van der Waals surface area (Å²) >= 11 is 1.47. The van der Waals surface area contributed by atoms with Crippen molar-refractivity contribution in [1.29, 1.82) is 0 Å². The third-order valence-corrected chi connectivity index (χ3v) is 4.12. The lowest BCUT2D eigenvalue weighted by Gasteiger charge is -2.04. The van der Waals surface area contributed by atoms with Gasteiger partial charge in [-0.1, -0.05) is 24.3 Å². The van der Waals surface area contributed by atoms with Gasteiger partial charge in [-0.25, -0.2) is 4.98 Å². The Morgan fingerprint density at radius 3 is 2.50 bits per heavy atom. The molecule has 0 spiro atoms. The standard InChI is InChI=1S/C16H22N4OS/c1-12(21)19-16-20-15(11-22-16)9-8-14-6-4-13(5-7-14)3-2-10-18-17/h4-7,11,18H,2-3,8-10,17H2,1H3,(H,19,20,21). The second-order valence-corrected chi connectivity index (χ2v) is 6.06. The zero-order chi connectivity index (χ0) is 15.8. The summed E-state index contributed by atoms with van der Waals surface area (Å²) in [5.41, 5.74) is 6.32. The van der Waals surface area contributed by atoms with Gasteiger partial charge in [-0.05, 0) is 36.8 Å². The molecule has 0 bridgehead atoms. The first-order chi connectivity index (χ1) is 10.7. The van der Waals surface area contributed by atoms with Crippen molar-refractivity contribution in [3.63, 3.8) is 0 Å². The maximum atomic E-state index is 11.0. The molecular formula is C16H22N4OS. The van der Waals surface area contributed by atoms with Gasteiger partial charge in [-0.15, -0.1) is 11.3 Å². The maximum absolute atomic E-state index is 11.0. The van der Waals surface area contributed by atoms with Gasteiger partial charge in [0.15, 0.2) is 5.13 Å².